The lowest BCUT2D eigenvalue weighted by Gasteiger charge is -2.12. The molecule has 0 bridgehead atoms. The van der Waals surface area contributed by atoms with Gasteiger partial charge in [0.05, 0.1) is 17.7 Å². The van der Waals surface area contributed by atoms with Gasteiger partial charge in [0.1, 0.15) is 5.69 Å². The van der Waals surface area contributed by atoms with Crippen LogP contribution in [-0.2, 0) is 4.79 Å². The van der Waals surface area contributed by atoms with E-state index in [0.717, 1.165) is 11.3 Å². The molecule has 0 heterocycles. The number of hydrazone groups is 1. The number of carbonyl (C=O) groups is 1. The lowest BCUT2D eigenvalue weighted by Crippen LogP contribution is -2.25. The lowest BCUT2D eigenvalue weighted by atomic mass is 10.2. The van der Waals surface area contributed by atoms with Crippen molar-refractivity contribution in [2.45, 2.75) is 6.92 Å². The standard InChI is InChI=1S/C18H21N5O3/c1-13-4-7-15(8-5-13)19-12-18(24)21-20-11-14-6-9-16(22(2)3)17(10-14)23(25)26/h4-11,19H,12H2,1-3H3,(H,21,24)/b20-11-. The van der Waals surface area contributed by atoms with E-state index >= 15 is 0 Å². The van der Waals surface area contributed by atoms with E-state index in [1.165, 1.54) is 12.3 Å². The van der Waals surface area contributed by atoms with Gasteiger partial charge in [0.25, 0.3) is 11.6 Å². The first-order chi connectivity index (χ1) is 12.4. The Hall–Kier alpha value is -3.42. The number of hydrogen-bond donors (Lipinski definition) is 2. The summed E-state index contributed by atoms with van der Waals surface area (Å²) in [5.74, 6) is -0.318. The molecule has 0 radical (unpaired) electrons. The predicted molar refractivity (Wildman–Crippen MR) is 103 cm³/mol. The van der Waals surface area contributed by atoms with Crippen LogP contribution >= 0.6 is 0 Å². The first kappa shape index (κ1) is 18.9. The van der Waals surface area contributed by atoms with Crippen LogP contribution in [0.3, 0.4) is 0 Å². The molecule has 0 saturated heterocycles. The Morgan fingerprint density at radius 3 is 2.54 bits per heavy atom. The average molecular weight is 355 g/mol. The van der Waals surface area contributed by atoms with Crippen molar-refractivity contribution in [2.75, 3.05) is 30.9 Å². The highest BCUT2D eigenvalue weighted by molar-refractivity contribution is 5.86. The molecular formula is C18H21N5O3. The molecule has 2 rings (SSSR count). The highest BCUT2D eigenvalue weighted by Gasteiger charge is 2.15. The van der Waals surface area contributed by atoms with Crippen LogP contribution in [0, 0.1) is 17.0 Å². The molecule has 2 aromatic rings. The zero-order valence-electron chi connectivity index (χ0n) is 14.9. The second-order valence-electron chi connectivity index (χ2n) is 5.91. The summed E-state index contributed by atoms with van der Waals surface area (Å²) in [4.78, 5) is 24.2. The second-order valence-corrected chi connectivity index (χ2v) is 5.91. The molecule has 0 aromatic heterocycles. The lowest BCUT2D eigenvalue weighted by molar-refractivity contribution is -0.384. The number of amides is 1. The normalized spacial score (nSPS) is 10.6. The SMILES string of the molecule is Cc1ccc(NCC(=O)N/N=C\c2ccc(N(C)C)c([N+](=O)[O-])c2)cc1. The Morgan fingerprint density at radius 1 is 1.23 bits per heavy atom. The highest BCUT2D eigenvalue weighted by atomic mass is 16.6. The van der Waals surface area contributed by atoms with Gasteiger partial charge in [-0.1, -0.05) is 23.8 Å². The Bertz CT molecular complexity index is 816. The number of carbonyl (C=O) groups excluding carboxylic acids is 1. The minimum absolute atomic E-state index is 0.0219. The molecule has 0 fully saturated rings. The maximum absolute atomic E-state index is 11.8. The fourth-order valence-corrected chi connectivity index (χ4v) is 2.22. The van der Waals surface area contributed by atoms with Gasteiger partial charge in [0.2, 0.25) is 0 Å². The first-order valence-corrected chi connectivity index (χ1v) is 7.95. The van der Waals surface area contributed by atoms with E-state index in [2.05, 4.69) is 15.8 Å². The van der Waals surface area contributed by atoms with Gasteiger partial charge in [-0.05, 0) is 25.1 Å². The van der Waals surface area contributed by atoms with Gasteiger partial charge in [-0.25, -0.2) is 5.43 Å². The Labute approximate surface area is 151 Å². The van der Waals surface area contributed by atoms with Crippen LogP contribution in [0.2, 0.25) is 0 Å². The van der Waals surface area contributed by atoms with Gasteiger partial charge < -0.3 is 10.2 Å². The van der Waals surface area contributed by atoms with Gasteiger partial charge >= 0.3 is 0 Å². The van der Waals surface area contributed by atoms with Crippen molar-refractivity contribution in [1.29, 1.82) is 0 Å². The monoisotopic (exact) mass is 355 g/mol. The van der Waals surface area contributed by atoms with Gasteiger partial charge in [-0.15, -0.1) is 0 Å². The molecule has 0 aliphatic carbocycles. The molecule has 0 unspecified atom stereocenters. The number of nitro benzene ring substituents is 1. The fraction of sp³-hybridized carbons (Fsp3) is 0.222. The smallest absolute Gasteiger partial charge is 0.293 e. The van der Waals surface area contributed by atoms with Gasteiger partial charge in [-0.3, -0.25) is 14.9 Å². The highest BCUT2D eigenvalue weighted by Crippen LogP contribution is 2.27. The summed E-state index contributed by atoms with van der Waals surface area (Å²) in [5, 5.41) is 18.0. The minimum atomic E-state index is -0.448. The van der Waals surface area contributed by atoms with E-state index in [1.807, 2.05) is 31.2 Å². The van der Waals surface area contributed by atoms with Crippen molar-refractivity contribution in [1.82, 2.24) is 5.43 Å². The quantitative estimate of drug-likeness (QED) is 0.452. The van der Waals surface area contributed by atoms with Crippen LogP contribution in [0.25, 0.3) is 0 Å². The van der Waals surface area contributed by atoms with Crippen LogP contribution in [0.4, 0.5) is 17.1 Å². The minimum Gasteiger partial charge on any atom is -0.376 e. The van der Waals surface area contributed by atoms with E-state index in [4.69, 9.17) is 0 Å². The summed E-state index contributed by atoms with van der Waals surface area (Å²) in [5.41, 5.74) is 5.36. The topological polar surface area (TPSA) is 99.9 Å². The molecule has 0 spiro atoms. The summed E-state index contributed by atoms with van der Waals surface area (Å²) in [7, 11) is 3.47. The molecule has 2 aromatic carbocycles. The molecule has 8 heteroatoms. The van der Waals surface area contributed by atoms with Gasteiger partial charge in [-0.2, -0.15) is 5.10 Å². The number of nitrogens with one attached hydrogen (secondary N) is 2. The van der Waals surface area contributed by atoms with E-state index < -0.39 is 4.92 Å². The number of hydrogen-bond acceptors (Lipinski definition) is 6. The number of benzene rings is 2. The van der Waals surface area contributed by atoms with Crippen molar-refractivity contribution in [2.24, 2.45) is 5.10 Å². The van der Waals surface area contributed by atoms with Crippen molar-refractivity contribution in [3.63, 3.8) is 0 Å². The third-order valence-electron chi connectivity index (χ3n) is 3.59. The van der Waals surface area contributed by atoms with Gasteiger partial charge in [0.15, 0.2) is 0 Å². The number of aryl methyl sites for hydroxylation is 1. The second kappa shape index (κ2) is 8.61. The molecule has 0 aliphatic heterocycles. The molecule has 0 saturated carbocycles. The van der Waals surface area contributed by atoms with Crippen LogP contribution in [0.1, 0.15) is 11.1 Å². The summed E-state index contributed by atoms with van der Waals surface area (Å²) >= 11 is 0. The molecule has 26 heavy (non-hydrogen) atoms. The van der Waals surface area contributed by atoms with Crippen molar-refractivity contribution in [3.05, 3.63) is 63.7 Å². The van der Waals surface area contributed by atoms with Gasteiger partial charge in [0, 0.05) is 31.4 Å². The third kappa shape index (κ3) is 5.30. The molecule has 136 valence electrons. The average Bonchev–Trinajstić information content (AvgIpc) is 2.61. The Balaban J connectivity index is 1.93. The maximum Gasteiger partial charge on any atom is 0.293 e. The maximum atomic E-state index is 11.8. The fourth-order valence-electron chi connectivity index (χ4n) is 2.22. The van der Waals surface area contributed by atoms with Crippen LogP contribution in [-0.4, -0.2) is 37.7 Å². The van der Waals surface area contributed by atoms with E-state index in [9.17, 15) is 14.9 Å². The summed E-state index contributed by atoms with van der Waals surface area (Å²) < 4.78 is 0. The number of nitrogens with zero attached hydrogens (tertiary/aromatic N) is 3. The first-order valence-electron chi connectivity index (χ1n) is 7.95. The Morgan fingerprint density at radius 2 is 1.92 bits per heavy atom. The third-order valence-corrected chi connectivity index (χ3v) is 3.59. The largest absolute Gasteiger partial charge is 0.376 e. The van der Waals surface area contributed by atoms with Crippen molar-refractivity contribution < 1.29 is 9.72 Å². The number of nitro groups is 1. The number of anilines is 2. The molecular weight excluding hydrogens is 334 g/mol. The van der Waals surface area contributed by atoms with Crippen LogP contribution in [0.5, 0.6) is 0 Å². The van der Waals surface area contributed by atoms with Crippen molar-refractivity contribution in [3.8, 4) is 0 Å². The molecule has 0 atom stereocenters. The van der Waals surface area contributed by atoms with Crippen LogP contribution in [0.15, 0.2) is 47.6 Å². The molecule has 0 aliphatic rings. The zero-order valence-corrected chi connectivity index (χ0v) is 14.9. The molecule has 8 nitrogen and oxygen atoms in total. The molecule has 2 N–H and O–H groups in total. The zero-order chi connectivity index (χ0) is 19.1. The van der Waals surface area contributed by atoms with E-state index in [0.29, 0.717) is 11.3 Å². The van der Waals surface area contributed by atoms with Crippen molar-refractivity contribution >= 4 is 29.2 Å². The van der Waals surface area contributed by atoms with E-state index in [1.54, 1.807) is 31.1 Å². The van der Waals surface area contributed by atoms with Crippen LogP contribution < -0.4 is 15.6 Å². The number of rotatable bonds is 7. The molecule has 1 amide bonds. The summed E-state index contributed by atoms with van der Waals surface area (Å²) in [6.07, 6.45) is 1.37. The predicted octanol–water partition coefficient (Wildman–Crippen LogP) is 2.53. The summed E-state index contributed by atoms with van der Waals surface area (Å²) in [6, 6.07) is 12.4. The Kier molecular flexibility index (Phi) is 6.26. The van der Waals surface area contributed by atoms with E-state index in [-0.39, 0.29) is 18.1 Å². The summed E-state index contributed by atoms with van der Waals surface area (Å²) in [6.45, 7) is 2.06.